The van der Waals surface area contributed by atoms with Gasteiger partial charge < -0.3 is 19.4 Å². The van der Waals surface area contributed by atoms with E-state index in [9.17, 15) is 14.8 Å². The van der Waals surface area contributed by atoms with Crippen LogP contribution in [0.2, 0.25) is 0 Å². The fourth-order valence-electron chi connectivity index (χ4n) is 3.80. The fourth-order valence-corrected chi connectivity index (χ4v) is 3.80. The third-order valence-corrected chi connectivity index (χ3v) is 5.18. The number of hydrogen-bond donors (Lipinski definition) is 1. The molecule has 0 aromatic rings. The monoisotopic (exact) mass is 355 g/mol. The van der Waals surface area contributed by atoms with E-state index in [0.29, 0.717) is 17.8 Å². The molecule has 7 nitrogen and oxygen atoms in total. The molecule has 25 heavy (non-hydrogen) atoms. The Kier molecular flexibility index (Phi) is 6.81. The molecule has 5 atom stereocenters. The lowest BCUT2D eigenvalue weighted by molar-refractivity contribution is -0.191. The molecule has 0 aromatic heterocycles. The largest absolute Gasteiger partial charge is 0.461 e. The van der Waals surface area contributed by atoms with E-state index in [-0.39, 0.29) is 24.8 Å². The van der Waals surface area contributed by atoms with Crippen molar-refractivity contribution in [1.29, 1.82) is 0 Å². The molecule has 1 heterocycles. The second kappa shape index (κ2) is 8.65. The van der Waals surface area contributed by atoms with E-state index in [1.165, 1.54) is 0 Å². The van der Waals surface area contributed by atoms with Gasteiger partial charge in [0.15, 0.2) is 5.71 Å². The molecule has 1 aliphatic heterocycles. The standard InChI is InChI=1S/C18H29NO6/c1-5-23-17(21)16(19-22)13-9-15(20)25-18(13)24-14-8-11(4)6-7-12(14)10(2)3/h10-14,18,22H,5-9H2,1-4H3/b19-16-/t11-,12+,13+,14-,18-/m1/s1. The van der Waals surface area contributed by atoms with Crippen LogP contribution in [0, 0.1) is 23.7 Å². The molecule has 1 N–H and O–H groups in total. The predicted octanol–water partition coefficient (Wildman–Crippen LogP) is 2.75. The van der Waals surface area contributed by atoms with Crippen LogP contribution < -0.4 is 0 Å². The first-order valence-electron chi connectivity index (χ1n) is 9.11. The fraction of sp³-hybridized carbons (Fsp3) is 0.833. The van der Waals surface area contributed by atoms with Gasteiger partial charge in [-0.3, -0.25) is 4.79 Å². The Morgan fingerprint density at radius 3 is 2.72 bits per heavy atom. The molecule has 1 aliphatic carbocycles. The summed E-state index contributed by atoms with van der Waals surface area (Å²) in [6.07, 6.45) is 2.08. The quantitative estimate of drug-likeness (QED) is 0.341. The van der Waals surface area contributed by atoms with Crippen molar-refractivity contribution < 1.29 is 29.0 Å². The third-order valence-electron chi connectivity index (χ3n) is 5.18. The molecule has 0 aromatic carbocycles. The molecule has 2 aliphatic rings. The molecule has 1 saturated heterocycles. The summed E-state index contributed by atoms with van der Waals surface area (Å²) in [6, 6.07) is 0. The van der Waals surface area contributed by atoms with E-state index in [4.69, 9.17) is 14.2 Å². The average molecular weight is 355 g/mol. The van der Waals surface area contributed by atoms with Gasteiger partial charge in [-0.2, -0.15) is 0 Å². The SMILES string of the molecule is CCOC(=O)/C(=N\O)[C@@H]1CC(=O)O[C@H]1O[C@@H]1C[C@H](C)CC[C@H]1C(C)C. The highest BCUT2D eigenvalue weighted by atomic mass is 16.7. The Labute approximate surface area is 148 Å². The Morgan fingerprint density at radius 1 is 1.40 bits per heavy atom. The summed E-state index contributed by atoms with van der Waals surface area (Å²) < 4.78 is 16.3. The van der Waals surface area contributed by atoms with Crippen molar-refractivity contribution in [3.63, 3.8) is 0 Å². The Morgan fingerprint density at radius 2 is 2.12 bits per heavy atom. The zero-order valence-electron chi connectivity index (χ0n) is 15.4. The number of ether oxygens (including phenoxy) is 3. The van der Waals surface area contributed by atoms with Gasteiger partial charge in [0.1, 0.15) is 0 Å². The van der Waals surface area contributed by atoms with E-state index in [2.05, 4.69) is 25.9 Å². The van der Waals surface area contributed by atoms with Crippen LogP contribution >= 0.6 is 0 Å². The minimum atomic E-state index is -0.917. The first kappa shape index (κ1) is 19.7. The van der Waals surface area contributed by atoms with Crippen molar-refractivity contribution in [2.75, 3.05) is 6.61 Å². The molecule has 7 heteroatoms. The first-order valence-corrected chi connectivity index (χ1v) is 9.11. The summed E-state index contributed by atoms with van der Waals surface area (Å²) in [5.74, 6) is -0.615. The number of oxime groups is 1. The Hall–Kier alpha value is -1.63. The van der Waals surface area contributed by atoms with Crippen LogP contribution in [0.5, 0.6) is 0 Å². The van der Waals surface area contributed by atoms with Crippen LogP contribution in [-0.2, 0) is 23.8 Å². The number of hydrogen-bond acceptors (Lipinski definition) is 7. The Balaban J connectivity index is 2.14. The van der Waals surface area contributed by atoms with E-state index >= 15 is 0 Å². The molecular weight excluding hydrogens is 326 g/mol. The van der Waals surface area contributed by atoms with Gasteiger partial charge >= 0.3 is 11.9 Å². The van der Waals surface area contributed by atoms with Crippen molar-refractivity contribution in [2.45, 2.75) is 65.8 Å². The molecule has 0 bridgehead atoms. The third kappa shape index (κ3) is 4.71. The van der Waals surface area contributed by atoms with Crippen molar-refractivity contribution >= 4 is 17.7 Å². The summed E-state index contributed by atoms with van der Waals surface area (Å²) in [5.41, 5.74) is -0.220. The minimum Gasteiger partial charge on any atom is -0.461 e. The molecule has 0 spiro atoms. The van der Waals surface area contributed by atoms with Gasteiger partial charge in [0, 0.05) is 0 Å². The van der Waals surface area contributed by atoms with Gasteiger partial charge in [-0.25, -0.2) is 4.79 Å². The van der Waals surface area contributed by atoms with Gasteiger partial charge in [-0.15, -0.1) is 0 Å². The second-order valence-electron chi connectivity index (χ2n) is 7.38. The number of nitrogens with zero attached hydrogens (tertiary/aromatic N) is 1. The van der Waals surface area contributed by atoms with E-state index < -0.39 is 24.1 Å². The lowest BCUT2D eigenvalue weighted by atomic mass is 9.75. The summed E-state index contributed by atoms with van der Waals surface area (Å²) in [7, 11) is 0. The highest BCUT2D eigenvalue weighted by molar-refractivity contribution is 6.37. The number of cyclic esters (lactones) is 1. The normalized spacial score (nSPS) is 33.4. The highest BCUT2D eigenvalue weighted by Gasteiger charge is 2.45. The summed E-state index contributed by atoms with van der Waals surface area (Å²) >= 11 is 0. The zero-order valence-corrected chi connectivity index (χ0v) is 15.4. The number of carbonyl (C=O) groups excluding carboxylic acids is 2. The highest BCUT2D eigenvalue weighted by Crippen LogP contribution is 2.38. The van der Waals surface area contributed by atoms with E-state index in [1.54, 1.807) is 6.92 Å². The Bertz CT molecular complexity index is 518. The number of esters is 2. The van der Waals surface area contributed by atoms with E-state index in [0.717, 1.165) is 19.3 Å². The van der Waals surface area contributed by atoms with Crippen LogP contribution in [0.15, 0.2) is 5.16 Å². The maximum absolute atomic E-state index is 12.0. The van der Waals surface area contributed by atoms with Gasteiger partial charge in [0.2, 0.25) is 6.29 Å². The second-order valence-corrected chi connectivity index (χ2v) is 7.38. The summed E-state index contributed by atoms with van der Waals surface area (Å²) in [4.78, 5) is 23.8. The van der Waals surface area contributed by atoms with Gasteiger partial charge in [-0.1, -0.05) is 32.3 Å². The number of carbonyl (C=O) groups is 2. The maximum atomic E-state index is 12.0. The summed E-state index contributed by atoms with van der Waals surface area (Å²) in [5, 5.41) is 12.3. The molecule has 0 amide bonds. The van der Waals surface area contributed by atoms with Crippen LogP contribution in [0.3, 0.4) is 0 Å². The van der Waals surface area contributed by atoms with Crippen LogP contribution in [-0.4, -0.2) is 41.9 Å². The number of rotatable bonds is 6. The van der Waals surface area contributed by atoms with Gasteiger partial charge in [-0.05, 0) is 37.5 Å². The zero-order chi connectivity index (χ0) is 18.6. The van der Waals surface area contributed by atoms with Crippen LogP contribution in [0.4, 0.5) is 0 Å². The smallest absolute Gasteiger partial charge is 0.356 e. The molecule has 0 radical (unpaired) electrons. The molecule has 2 rings (SSSR count). The first-order chi connectivity index (χ1) is 11.9. The topological polar surface area (TPSA) is 94.4 Å². The lowest BCUT2D eigenvalue weighted by Gasteiger charge is -2.38. The molecule has 142 valence electrons. The average Bonchev–Trinajstić information content (AvgIpc) is 2.88. The van der Waals surface area contributed by atoms with Crippen LogP contribution in [0.25, 0.3) is 0 Å². The van der Waals surface area contributed by atoms with E-state index in [1.807, 2.05) is 0 Å². The lowest BCUT2D eigenvalue weighted by Crippen LogP contribution is -2.41. The summed E-state index contributed by atoms with van der Waals surface area (Å²) in [6.45, 7) is 8.32. The maximum Gasteiger partial charge on any atom is 0.356 e. The van der Waals surface area contributed by atoms with Crippen LogP contribution in [0.1, 0.15) is 53.4 Å². The molecule has 2 fully saturated rings. The van der Waals surface area contributed by atoms with Crippen molar-refractivity contribution in [2.24, 2.45) is 28.8 Å². The molecule has 0 unspecified atom stereocenters. The van der Waals surface area contributed by atoms with Crippen molar-refractivity contribution in [1.82, 2.24) is 0 Å². The molecular formula is C18H29NO6. The van der Waals surface area contributed by atoms with Gasteiger partial charge in [0.25, 0.3) is 0 Å². The van der Waals surface area contributed by atoms with Crippen molar-refractivity contribution in [3.8, 4) is 0 Å². The van der Waals surface area contributed by atoms with Gasteiger partial charge in [0.05, 0.1) is 25.0 Å². The minimum absolute atomic E-state index is 0.0516. The molecule has 1 saturated carbocycles. The van der Waals surface area contributed by atoms with Crippen molar-refractivity contribution in [3.05, 3.63) is 0 Å². The predicted molar refractivity (Wildman–Crippen MR) is 90.1 cm³/mol.